The van der Waals surface area contributed by atoms with Crippen molar-refractivity contribution in [1.82, 2.24) is 21.3 Å². The smallest absolute Gasteiger partial charge is 0.246 e. The normalized spacial score (nSPS) is 11.8. The molecule has 0 bridgehead atoms. The second kappa shape index (κ2) is 24.2. The quantitative estimate of drug-likeness (QED) is 0.118. The van der Waals surface area contributed by atoms with Crippen molar-refractivity contribution in [1.29, 1.82) is 0 Å². The van der Waals surface area contributed by atoms with Crippen LogP contribution >= 0.6 is 0 Å². The highest BCUT2D eigenvalue weighted by molar-refractivity contribution is 5.83. The minimum Gasteiger partial charge on any atom is -0.377 e. The molecule has 3 amide bonds. The molecule has 0 aliphatic rings. The van der Waals surface area contributed by atoms with Crippen LogP contribution in [0.5, 0.6) is 0 Å². The van der Waals surface area contributed by atoms with E-state index in [1.54, 1.807) is 0 Å². The van der Waals surface area contributed by atoms with Crippen LogP contribution in [0.2, 0.25) is 0 Å². The van der Waals surface area contributed by atoms with Crippen molar-refractivity contribution in [2.45, 2.75) is 65.5 Å². The van der Waals surface area contributed by atoms with Crippen molar-refractivity contribution in [2.75, 3.05) is 72.5 Å². The molecule has 37 heavy (non-hydrogen) atoms. The van der Waals surface area contributed by atoms with Gasteiger partial charge in [0.25, 0.3) is 0 Å². The molecule has 0 unspecified atom stereocenters. The molecule has 216 valence electrons. The van der Waals surface area contributed by atoms with Crippen LogP contribution in [-0.4, -0.2) is 108 Å². The van der Waals surface area contributed by atoms with Gasteiger partial charge in [-0.15, -0.1) is 0 Å². The number of hydrogen-bond acceptors (Lipinski definition) is 9. The zero-order valence-corrected chi connectivity index (χ0v) is 23.0. The fraction of sp³-hybridized carbons (Fsp3) is 0.840. The van der Waals surface area contributed by atoms with Crippen molar-refractivity contribution < 1.29 is 38.1 Å². The Morgan fingerprint density at radius 3 is 1.70 bits per heavy atom. The molecule has 0 fully saturated rings. The number of Topliss-reactive ketones (excluding diaryl/α,β-unsaturated/α-hetero) is 1. The van der Waals surface area contributed by atoms with Crippen LogP contribution in [0, 0.1) is 0 Å². The Labute approximate surface area is 221 Å². The first-order valence-electron chi connectivity index (χ1n) is 13.1. The molecule has 0 aromatic carbocycles. The molecule has 0 aromatic rings. The van der Waals surface area contributed by atoms with Crippen molar-refractivity contribution >= 4 is 23.5 Å². The Hall–Kier alpha value is -2.12. The van der Waals surface area contributed by atoms with Gasteiger partial charge in [-0.2, -0.15) is 0 Å². The van der Waals surface area contributed by atoms with Crippen LogP contribution < -0.4 is 21.3 Å². The summed E-state index contributed by atoms with van der Waals surface area (Å²) in [6.07, 6.45) is 2.93. The summed E-state index contributed by atoms with van der Waals surface area (Å²) >= 11 is 0. The molecule has 0 heterocycles. The summed E-state index contributed by atoms with van der Waals surface area (Å²) in [6, 6.07) is 0.134. The van der Waals surface area contributed by atoms with Crippen molar-refractivity contribution in [2.24, 2.45) is 0 Å². The summed E-state index contributed by atoms with van der Waals surface area (Å²) in [4.78, 5) is 46.1. The van der Waals surface area contributed by atoms with Crippen molar-refractivity contribution in [3.8, 4) is 0 Å². The van der Waals surface area contributed by atoms with Crippen LogP contribution in [0.1, 0.15) is 53.4 Å². The third kappa shape index (κ3) is 24.0. The Kier molecular flexibility index (Phi) is 22.8. The first-order valence-corrected chi connectivity index (χ1v) is 13.1. The number of hydrogen-bond donors (Lipinski definition) is 4. The highest BCUT2D eigenvalue weighted by Gasteiger charge is 2.16. The fourth-order valence-corrected chi connectivity index (χ4v) is 3.12. The average molecular weight is 533 g/mol. The minimum absolute atomic E-state index is 0.0414. The fourth-order valence-electron chi connectivity index (χ4n) is 3.12. The van der Waals surface area contributed by atoms with Gasteiger partial charge in [-0.3, -0.25) is 19.2 Å². The number of ether oxygens (including phenoxy) is 4. The number of ketones is 1. The summed E-state index contributed by atoms with van der Waals surface area (Å²) in [6.45, 7) is 10.5. The van der Waals surface area contributed by atoms with Gasteiger partial charge in [-0.1, -0.05) is 20.8 Å². The van der Waals surface area contributed by atoms with Crippen molar-refractivity contribution in [3.05, 3.63) is 0 Å². The van der Waals surface area contributed by atoms with Crippen LogP contribution in [-0.2, 0) is 38.1 Å². The molecular formula is C25H48N4O8. The monoisotopic (exact) mass is 532 g/mol. The maximum atomic E-state index is 12.0. The van der Waals surface area contributed by atoms with Gasteiger partial charge in [0.05, 0.1) is 45.7 Å². The molecule has 1 atom stereocenters. The maximum absolute atomic E-state index is 12.0. The van der Waals surface area contributed by atoms with Crippen LogP contribution in [0.15, 0.2) is 0 Å². The molecule has 0 saturated carbocycles. The van der Waals surface area contributed by atoms with E-state index in [0.29, 0.717) is 52.5 Å². The molecule has 0 rings (SSSR count). The molecule has 0 spiro atoms. The number of nitrogens with one attached hydrogen (secondary N) is 4. The molecule has 0 aromatic heterocycles. The van der Waals surface area contributed by atoms with Gasteiger partial charge in [0.15, 0.2) is 0 Å². The summed E-state index contributed by atoms with van der Waals surface area (Å²) in [7, 11) is 0. The standard InChI is InChI=1S/C25H48N4O8/c1-5-23(31)22(29-20(2)3)8-6-7-9-27-24(32)18-36-17-15-35-13-11-28-25(33)19-37-16-14-34-12-10-26-21(4)30/h20,22,29H,5-19H2,1-4H3,(H,26,30)(H,27,32)(H,28,33)/t22-/m0/s1. The van der Waals surface area contributed by atoms with Crippen LogP contribution in [0.25, 0.3) is 0 Å². The van der Waals surface area contributed by atoms with Gasteiger partial charge >= 0.3 is 0 Å². The van der Waals surface area contributed by atoms with Gasteiger partial charge in [0, 0.05) is 39.0 Å². The van der Waals surface area contributed by atoms with Crippen LogP contribution in [0.3, 0.4) is 0 Å². The SMILES string of the molecule is CCC(=O)[C@H](CCCCNC(=O)COCCOCCNC(=O)COCCOCCNC(C)=O)NC(C)C. The van der Waals surface area contributed by atoms with Gasteiger partial charge in [0.2, 0.25) is 17.7 Å². The second-order valence-electron chi connectivity index (χ2n) is 8.70. The second-order valence-corrected chi connectivity index (χ2v) is 8.70. The predicted octanol–water partition coefficient (Wildman–Crippen LogP) is -0.0627. The topological polar surface area (TPSA) is 153 Å². The lowest BCUT2D eigenvalue weighted by Crippen LogP contribution is -2.40. The third-order valence-electron chi connectivity index (χ3n) is 4.91. The van der Waals surface area contributed by atoms with Gasteiger partial charge in [-0.25, -0.2) is 0 Å². The molecule has 12 nitrogen and oxygen atoms in total. The van der Waals surface area contributed by atoms with E-state index in [2.05, 4.69) is 21.3 Å². The third-order valence-corrected chi connectivity index (χ3v) is 4.91. The molecule has 0 aliphatic carbocycles. The lowest BCUT2D eigenvalue weighted by Gasteiger charge is -2.19. The Morgan fingerprint density at radius 2 is 1.19 bits per heavy atom. The van der Waals surface area contributed by atoms with E-state index >= 15 is 0 Å². The zero-order chi connectivity index (χ0) is 27.7. The summed E-state index contributed by atoms with van der Waals surface area (Å²) in [5.41, 5.74) is 0. The van der Waals surface area contributed by atoms with E-state index in [1.807, 2.05) is 20.8 Å². The molecular weight excluding hydrogens is 484 g/mol. The van der Waals surface area contributed by atoms with Gasteiger partial charge in [-0.05, 0) is 19.3 Å². The summed E-state index contributed by atoms with van der Waals surface area (Å²) in [5.74, 6) is -0.325. The lowest BCUT2D eigenvalue weighted by molar-refractivity contribution is -0.127. The van der Waals surface area contributed by atoms with E-state index in [0.717, 1.165) is 19.3 Å². The zero-order valence-electron chi connectivity index (χ0n) is 23.0. The van der Waals surface area contributed by atoms with Crippen molar-refractivity contribution in [3.63, 3.8) is 0 Å². The number of carbonyl (C=O) groups is 4. The molecule has 4 N–H and O–H groups in total. The lowest BCUT2D eigenvalue weighted by atomic mass is 10.0. The van der Waals surface area contributed by atoms with E-state index in [-0.39, 0.29) is 62.0 Å². The van der Waals surface area contributed by atoms with E-state index in [9.17, 15) is 19.2 Å². The number of carbonyl (C=O) groups excluding carboxylic acids is 4. The highest BCUT2D eigenvalue weighted by atomic mass is 16.5. The molecule has 0 radical (unpaired) electrons. The largest absolute Gasteiger partial charge is 0.377 e. The predicted molar refractivity (Wildman–Crippen MR) is 139 cm³/mol. The molecule has 12 heteroatoms. The van der Waals surface area contributed by atoms with Gasteiger partial charge < -0.3 is 40.2 Å². The first kappa shape index (κ1) is 34.9. The Bertz CT molecular complexity index is 634. The first-order chi connectivity index (χ1) is 17.8. The molecule has 0 aliphatic heterocycles. The Balaban J connectivity index is 3.50. The van der Waals surface area contributed by atoms with E-state index in [4.69, 9.17) is 18.9 Å². The number of amides is 3. The van der Waals surface area contributed by atoms with Gasteiger partial charge in [0.1, 0.15) is 19.0 Å². The van der Waals surface area contributed by atoms with E-state index in [1.165, 1.54) is 6.92 Å². The Morgan fingerprint density at radius 1 is 0.676 bits per heavy atom. The molecule has 0 saturated heterocycles. The number of rotatable bonds is 25. The highest BCUT2D eigenvalue weighted by Crippen LogP contribution is 2.05. The van der Waals surface area contributed by atoms with E-state index < -0.39 is 0 Å². The average Bonchev–Trinajstić information content (AvgIpc) is 2.85. The maximum Gasteiger partial charge on any atom is 0.246 e. The number of unbranched alkanes of at least 4 members (excludes halogenated alkanes) is 1. The summed E-state index contributed by atoms with van der Waals surface area (Å²) < 4.78 is 21.1. The summed E-state index contributed by atoms with van der Waals surface area (Å²) in [5, 5.41) is 11.4. The van der Waals surface area contributed by atoms with Crippen LogP contribution in [0.4, 0.5) is 0 Å². The minimum atomic E-state index is -0.251.